The molecule has 0 aliphatic carbocycles. The molecule has 1 aliphatic rings. The molecule has 1 saturated heterocycles. The summed E-state index contributed by atoms with van der Waals surface area (Å²) >= 11 is 6.13. The lowest BCUT2D eigenvalue weighted by Crippen LogP contribution is -2.20. The minimum atomic E-state index is 0.0182. The molecule has 3 N–H and O–H groups in total. The van der Waals surface area contributed by atoms with Gasteiger partial charge in [0.1, 0.15) is 5.84 Å². The van der Waals surface area contributed by atoms with E-state index in [9.17, 15) is 0 Å². The number of benzene rings is 1. The van der Waals surface area contributed by atoms with Crippen LogP contribution in [0.15, 0.2) is 18.2 Å². The molecule has 2 rings (SSSR count). The summed E-state index contributed by atoms with van der Waals surface area (Å²) in [5.41, 5.74) is 7.18. The molecule has 1 fully saturated rings. The Hall–Kier alpha value is -1.22. The minimum Gasteiger partial charge on any atom is -0.384 e. The number of nitrogen functional groups attached to an aromatic ring is 1. The molecule has 4 heteroatoms. The fourth-order valence-corrected chi connectivity index (χ4v) is 2.54. The van der Waals surface area contributed by atoms with Gasteiger partial charge in [-0.05, 0) is 30.0 Å². The van der Waals surface area contributed by atoms with E-state index in [-0.39, 0.29) is 5.84 Å². The molecular formula is C13H18ClN3. The number of amidine groups is 1. The molecular weight excluding hydrogens is 234 g/mol. The summed E-state index contributed by atoms with van der Waals surface area (Å²) in [6.07, 6.45) is 0. The van der Waals surface area contributed by atoms with Crippen molar-refractivity contribution in [3.05, 3.63) is 28.8 Å². The van der Waals surface area contributed by atoms with Gasteiger partial charge in [-0.25, -0.2) is 0 Å². The molecule has 2 atom stereocenters. The SMILES string of the molecule is CC1CN(c2ccc(C(=N)N)c(Cl)c2)CC1C. The summed E-state index contributed by atoms with van der Waals surface area (Å²) in [7, 11) is 0. The van der Waals surface area contributed by atoms with E-state index in [1.807, 2.05) is 18.2 Å². The molecule has 0 spiro atoms. The second kappa shape index (κ2) is 4.57. The topological polar surface area (TPSA) is 53.1 Å². The van der Waals surface area contributed by atoms with E-state index in [0.717, 1.165) is 18.8 Å². The lowest BCUT2D eigenvalue weighted by molar-refractivity contribution is 0.494. The number of nitrogens with one attached hydrogen (secondary N) is 1. The molecule has 0 saturated carbocycles. The molecule has 0 aromatic heterocycles. The van der Waals surface area contributed by atoms with Crippen molar-refractivity contribution in [3.8, 4) is 0 Å². The third-order valence-corrected chi connectivity index (χ3v) is 3.91. The lowest BCUT2D eigenvalue weighted by Gasteiger charge is -2.19. The highest BCUT2D eigenvalue weighted by Crippen LogP contribution is 2.30. The molecule has 0 radical (unpaired) electrons. The number of nitrogens with zero attached hydrogens (tertiary/aromatic N) is 1. The molecule has 1 heterocycles. The van der Waals surface area contributed by atoms with Crippen LogP contribution in [-0.4, -0.2) is 18.9 Å². The predicted molar refractivity (Wildman–Crippen MR) is 73.0 cm³/mol. The van der Waals surface area contributed by atoms with Gasteiger partial charge in [-0.1, -0.05) is 25.4 Å². The van der Waals surface area contributed by atoms with Crippen LogP contribution in [-0.2, 0) is 0 Å². The standard InChI is InChI=1S/C13H18ClN3/c1-8-6-17(7-9(8)2)10-3-4-11(13(15)16)12(14)5-10/h3-5,8-9H,6-7H2,1-2H3,(H3,15,16). The van der Waals surface area contributed by atoms with Crippen LogP contribution >= 0.6 is 11.6 Å². The number of nitrogens with two attached hydrogens (primary N) is 1. The van der Waals surface area contributed by atoms with Crippen LogP contribution < -0.4 is 10.6 Å². The Balaban J connectivity index is 2.24. The average molecular weight is 252 g/mol. The van der Waals surface area contributed by atoms with Gasteiger partial charge in [-0.15, -0.1) is 0 Å². The third kappa shape index (κ3) is 2.39. The first-order valence-electron chi connectivity index (χ1n) is 5.88. The zero-order valence-corrected chi connectivity index (χ0v) is 11.0. The quantitative estimate of drug-likeness (QED) is 0.627. The van der Waals surface area contributed by atoms with Crippen LogP contribution in [0.2, 0.25) is 5.02 Å². The van der Waals surface area contributed by atoms with Crippen molar-refractivity contribution < 1.29 is 0 Å². The van der Waals surface area contributed by atoms with Crippen molar-refractivity contribution in [2.75, 3.05) is 18.0 Å². The van der Waals surface area contributed by atoms with Crippen molar-refractivity contribution in [2.24, 2.45) is 17.6 Å². The van der Waals surface area contributed by atoms with Crippen LogP contribution in [0.4, 0.5) is 5.69 Å². The van der Waals surface area contributed by atoms with E-state index in [1.54, 1.807) is 0 Å². The van der Waals surface area contributed by atoms with E-state index >= 15 is 0 Å². The second-order valence-electron chi connectivity index (χ2n) is 4.94. The first kappa shape index (κ1) is 12.2. The van der Waals surface area contributed by atoms with Crippen molar-refractivity contribution in [1.29, 1.82) is 5.41 Å². The Kier molecular flexibility index (Phi) is 3.29. The highest BCUT2D eigenvalue weighted by molar-refractivity contribution is 6.34. The molecule has 3 nitrogen and oxygen atoms in total. The monoisotopic (exact) mass is 251 g/mol. The van der Waals surface area contributed by atoms with Gasteiger partial charge in [0.25, 0.3) is 0 Å². The van der Waals surface area contributed by atoms with Crippen LogP contribution in [0.25, 0.3) is 0 Å². The maximum absolute atomic E-state index is 7.40. The Morgan fingerprint density at radius 1 is 1.35 bits per heavy atom. The van der Waals surface area contributed by atoms with E-state index < -0.39 is 0 Å². The maximum atomic E-state index is 7.40. The fourth-order valence-electron chi connectivity index (χ4n) is 2.26. The fraction of sp³-hybridized carbons (Fsp3) is 0.462. The number of anilines is 1. The highest BCUT2D eigenvalue weighted by atomic mass is 35.5. The maximum Gasteiger partial charge on any atom is 0.124 e. The molecule has 2 unspecified atom stereocenters. The largest absolute Gasteiger partial charge is 0.384 e. The summed E-state index contributed by atoms with van der Waals surface area (Å²) in [6, 6.07) is 5.73. The van der Waals surface area contributed by atoms with Crippen molar-refractivity contribution in [1.82, 2.24) is 0 Å². The highest BCUT2D eigenvalue weighted by Gasteiger charge is 2.26. The number of hydrogen-bond acceptors (Lipinski definition) is 2. The van der Waals surface area contributed by atoms with E-state index in [2.05, 4.69) is 18.7 Å². The van der Waals surface area contributed by atoms with Crippen LogP contribution in [0.3, 0.4) is 0 Å². The summed E-state index contributed by atoms with van der Waals surface area (Å²) in [6.45, 7) is 6.68. The van der Waals surface area contributed by atoms with E-state index in [4.69, 9.17) is 22.7 Å². The number of halogens is 1. The summed E-state index contributed by atoms with van der Waals surface area (Å²) < 4.78 is 0. The third-order valence-electron chi connectivity index (χ3n) is 3.60. The van der Waals surface area contributed by atoms with Crippen LogP contribution in [0.1, 0.15) is 19.4 Å². The van der Waals surface area contributed by atoms with E-state index in [1.165, 1.54) is 0 Å². The normalized spacial score (nSPS) is 24.1. The van der Waals surface area contributed by atoms with Crippen molar-refractivity contribution in [2.45, 2.75) is 13.8 Å². The predicted octanol–water partition coefficient (Wildman–Crippen LogP) is 2.72. The lowest BCUT2D eigenvalue weighted by atomic mass is 10.0. The molecule has 0 amide bonds. The first-order chi connectivity index (χ1) is 7.99. The summed E-state index contributed by atoms with van der Waals surface area (Å²) in [5, 5.41) is 7.96. The van der Waals surface area contributed by atoms with E-state index in [0.29, 0.717) is 22.4 Å². The van der Waals surface area contributed by atoms with Crippen LogP contribution in [0.5, 0.6) is 0 Å². The molecule has 0 bridgehead atoms. The van der Waals surface area contributed by atoms with Gasteiger partial charge < -0.3 is 10.6 Å². The van der Waals surface area contributed by atoms with Gasteiger partial charge in [-0.2, -0.15) is 0 Å². The molecule has 1 aromatic rings. The zero-order valence-electron chi connectivity index (χ0n) is 10.2. The molecule has 1 aliphatic heterocycles. The first-order valence-corrected chi connectivity index (χ1v) is 6.25. The smallest absolute Gasteiger partial charge is 0.124 e. The van der Waals surface area contributed by atoms with Gasteiger partial charge in [-0.3, -0.25) is 5.41 Å². The Morgan fingerprint density at radius 3 is 2.41 bits per heavy atom. The van der Waals surface area contributed by atoms with Gasteiger partial charge in [0.05, 0.1) is 5.02 Å². The summed E-state index contributed by atoms with van der Waals surface area (Å²) in [5.74, 6) is 1.44. The van der Waals surface area contributed by atoms with Crippen molar-refractivity contribution >= 4 is 23.1 Å². The van der Waals surface area contributed by atoms with Gasteiger partial charge in [0.15, 0.2) is 0 Å². The molecule has 17 heavy (non-hydrogen) atoms. The Morgan fingerprint density at radius 2 is 1.94 bits per heavy atom. The molecule has 1 aromatic carbocycles. The van der Waals surface area contributed by atoms with Gasteiger partial charge in [0.2, 0.25) is 0 Å². The van der Waals surface area contributed by atoms with Crippen LogP contribution in [0, 0.1) is 17.2 Å². The second-order valence-corrected chi connectivity index (χ2v) is 5.34. The number of rotatable bonds is 2. The molecule has 92 valence electrons. The summed E-state index contributed by atoms with van der Waals surface area (Å²) in [4.78, 5) is 2.34. The average Bonchev–Trinajstić information content (AvgIpc) is 2.58. The Bertz CT molecular complexity index is 434. The van der Waals surface area contributed by atoms with Gasteiger partial charge >= 0.3 is 0 Å². The van der Waals surface area contributed by atoms with Crippen molar-refractivity contribution in [3.63, 3.8) is 0 Å². The Labute approximate surface area is 107 Å². The zero-order chi connectivity index (χ0) is 12.6. The minimum absolute atomic E-state index is 0.0182. The van der Waals surface area contributed by atoms with Gasteiger partial charge in [0, 0.05) is 24.3 Å². The number of hydrogen-bond donors (Lipinski definition) is 2.